The third kappa shape index (κ3) is 2.85. The lowest BCUT2D eigenvalue weighted by atomic mass is 9.99. The zero-order valence-electron chi connectivity index (χ0n) is 10.5. The average molecular weight is 229 g/mol. The minimum atomic E-state index is 0.181. The molecule has 90 valence electrons. The lowest BCUT2D eigenvalue weighted by molar-refractivity contribution is 0.0827. The van der Waals surface area contributed by atoms with Gasteiger partial charge in [-0.3, -0.25) is 4.90 Å². The van der Waals surface area contributed by atoms with Crippen molar-refractivity contribution in [3.63, 3.8) is 0 Å². The van der Waals surface area contributed by atoms with E-state index in [0.29, 0.717) is 0 Å². The molecule has 0 aromatic heterocycles. The molecule has 1 saturated heterocycles. The Morgan fingerprint density at radius 1 is 1.47 bits per heavy atom. The number of nitrogens with one attached hydrogen (secondary N) is 1. The molecule has 3 nitrogen and oxygen atoms in total. The first kappa shape index (κ1) is 12.1. The van der Waals surface area contributed by atoms with E-state index in [1.807, 2.05) is 18.2 Å². The summed E-state index contributed by atoms with van der Waals surface area (Å²) in [5.41, 5.74) is 2.15. The molecule has 0 spiro atoms. The maximum atomic E-state index is 8.90. The molecule has 0 unspecified atom stereocenters. The fourth-order valence-electron chi connectivity index (χ4n) is 2.28. The maximum Gasteiger partial charge on any atom is 0.0991 e. The minimum absolute atomic E-state index is 0.181. The number of rotatable bonds is 2. The highest BCUT2D eigenvalue weighted by Crippen LogP contribution is 2.19. The molecular formula is C14H19N3. The van der Waals surface area contributed by atoms with Crippen molar-refractivity contribution in [2.45, 2.75) is 25.9 Å². The molecule has 2 rings (SSSR count). The molecule has 0 bridgehead atoms. The second-order valence-corrected chi connectivity index (χ2v) is 5.22. The Labute approximate surface area is 103 Å². The van der Waals surface area contributed by atoms with Gasteiger partial charge in [0, 0.05) is 31.7 Å². The first-order chi connectivity index (χ1) is 8.12. The molecule has 0 aliphatic carbocycles. The van der Waals surface area contributed by atoms with E-state index >= 15 is 0 Å². The van der Waals surface area contributed by atoms with Crippen LogP contribution in [-0.2, 0) is 6.54 Å². The Kier molecular flexibility index (Phi) is 3.46. The fraction of sp³-hybridized carbons (Fsp3) is 0.500. The summed E-state index contributed by atoms with van der Waals surface area (Å²) in [5, 5.41) is 12.3. The van der Waals surface area contributed by atoms with Crippen molar-refractivity contribution in [1.82, 2.24) is 10.2 Å². The van der Waals surface area contributed by atoms with Gasteiger partial charge in [-0.15, -0.1) is 0 Å². The van der Waals surface area contributed by atoms with Gasteiger partial charge in [0.2, 0.25) is 0 Å². The Bertz CT molecular complexity index is 431. The van der Waals surface area contributed by atoms with Gasteiger partial charge in [-0.1, -0.05) is 12.1 Å². The van der Waals surface area contributed by atoms with Crippen molar-refractivity contribution in [3.05, 3.63) is 35.4 Å². The van der Waals surface area contributed by atoms with Crippen LogP contribution in [0.15, 0.2) is 24.3 Å². The highest BCUT2D eigenvalue weighted by atomic mass is 15.2. The van der Waals surface area contributed by atoms with Gasteiger partial charge in [0.1, 0.15) is 0 Å². The van der Waals surface area contributed by atoms with Crippen LogP contribution in [0.25, 0.3) is 0 Å². The normalized spacial score (nSPS) is 19.8. The highest BCUT2D eigenvalue weighted by Gasteiger charge is 2.29. The third-order valence-corrected chi connectivity index (χ3v) is 3.40. The molecule has 0 amide bonds. The molecule has 1 fully saturated rings. The Morgan fingerprint density at radius 3 is 3.00 bits per heavy atom. The van der Waals surface area contributed by atoms with E-state index in [4.69, 9.17) is 5.26 Å². The molecule has 1 heterocycles. The zero-order valence-corrected chi connectivity index (χ0v) is 10.5. The SMILES string of the molecule is CC1(C)CNCCN1Cc1cccc(C#N)c1. The van der Waals surface area contributed by atoms with Gasteiger partial charge in [-0.05, 0) is 31.5 Å². The van der Waals surface area contributed by atoms with E-state index in [-0.39, 0.29) is 5.54 Å². The molecule has 1 aliphatic heterocycles. The Balaban J connectivity index is 2.12. The Hall–Kier alpha value is -1.37. The summed E-state index contributed by atoms with van der Waals surface area (Å²) >= 11 is 0. The summed E-state index contributed by atoms with van der Waals surface area (Å²) < 4.78 is 0. The van der Waals surface area contributed by atoms with Crippen LogP contribution < -0.4 is 5.32 Å². The topological polar surface area (TPSA) is 39.1 Å². The molecule has 1 aromatic rings. The summed E-state index contributed by atoms with van der Waals surface area (Å²) in [6, 6.07) is 10.1. The van der Waals surface area contributed by atoms with Crippen LogP contribution in [0.3, 0.4) is 0 Å². The second-order valence-electron chi connectivity index (χ2n) is 5.22. The van der Waals surface area contributed by atoms with E-state index < -0.39 is 0 Å². The second kappa shape index (κ2) is 4.87. The van der Waals surface area contributed by atoms with Gasteiger partial charge in [0.25, 0.3) is 0 Å². The quantitative estimate of drug-likeness (QED) is 0.839. The van der Waals surface area contributed by atoms with Crippen molar-refractivity contribution in [2.24, 2.45) is 0 Å². The molecule has 3 heteroatoms. The monoisotopic (exact) mass is 229 g/mol. The fourth-order valence-corrected chi connectivity index (χ4v) is 2.28. The van der Waals surface area contributed by atoms with Crippen LogP contribution in [0, 0.1) is 11.3 Å². The van der Waals surface area contributed by atoms with E-state index in [1.54, 1.807) is 0 Å². The largest absolute Gasteiger partial charge is 0.314 e. The smallest absolute Gasteiger partial charge is 0.0991 e. The van der Waals surface area contributed by atoms with Gasteiger partial charge < -0.3 is 5.32 Å². The molecule has 0 saturated carbocycles. The van der Waals surface area contributed by atoms with Crippen molar-refractivity contribution in [1.29, 1.82) is 5.26 Å². The lowest BCUT2D eigenvalue weighted by Crippen LogP contribution is -2.57. The average Bonchev–Trinajstić information content (AvgIpc) is 2.32. The molecule has 17 heavy (non-hydrogen) atoms. The van der Waals surface area contributed by atoms with Crippen LogP contribution in [0.2, 0.25) is 0 Å². The van der Waals surface area contributed by atoms with Gasteiger partial charge in [0.15, 0.2) is 0 Å². The molecule has 1 aliphatic rings. The van der Waals surface area contributed by atoms with Gasteiger partial charge in [-0.2, -0.15) is 5.26 Å². The Morgan fingerprint density at radius 2 is 2.29 bits per heavy atom. The predicted octanol–water partition coefficient (Wildman–Crippen LogP) is 1.74. The summed E-state index contributed by atoms with van der Waals surface area (Å²) in [6.45, 7) is 8.56. The van der Waals surface area contributed by atoms with E-state index in [0.717, 1.165) is 31.7 Å². The first-order valence-electron chi connectivity index (χ1n) is 6.07. The summed E-state index contributed by atoms with van der Waals surface area (Å²) in [4.78, 5) is 2.47. The molecule has 0 atom stereocenters. The molecule has 1 N–H and O–H groups in total. The van der Waals surface area contributed by atoms with E-state index in [2.05, 4.69) is 36.2 Å². The number of nitrogens with zero attached hydrogens (tertiary/aromatic N) is 2. The standard InChI is InChI=1S/C14H19N3/c1-14(2)11-16-6-7-17(14)10-13-5-3-4-12(8-13)9-15/h3-5,8,16H,6-7,10-11H2,1-2H3. The number of hydrogen-bond donors (Lipinski definition) is 1. The summed E-state index contributed by atoms with van der Waals surface area (Å²) in [5.74, 6) is 0. The number of nitriles is 1. The van der Waals surface area contributed by atoms with Crippen molar-refractivity contribution < 1.29 is 0 Å². The zero-order chi connectivity index (χ0) is 12.3. The highest BCUT2D eigenvalue weighted by molar-refractivity contribution is 5.32. The first-order valence-corrected chi connectivity index (χ1v) is 6.07. The van der Waals surface area contributed by atoms with Crippen molar-refractivity contribution in [2.75, 3.05) is 19.6 Å². The summed E-state index contributed by atoms with van der Waals surface area (Å²) in [7, 11) is 0. The van der Waals surface area contributed by atoms with Crippen LogP contribution in [0.5, 0.6) is 0 Å². The number of benzene rings is 1. The molecule has 0 radical (unpaired) electrons. The van der Waals surface area contributed by atoms with Gasteiger partial charge in [-0.25, -0.2) is 0 Å². The van der Waals surface area contributed by atoms with Crippen LogP contribution in [0.1, 0.15) is 25.0 Å². The van der Waals surface area contributed by atoms with E-state index in [1.165, 1.54) is 5.56 Å². The maximum absolute atomic E-state index is 8.90. The van der Waals surface area contributed by atoms with Crippen molar-refractivity contribution >= 4 is 0 Å². The van der Waals surface area contributed by atoms with Crippen LogP contribution in [0.4, 0.5) is 0 Å². The lowest BCUT2D eigenvalue weighted by Gasteiger charge is -2.42. The van der Waals surface area contributed by atoms with Crippen molar-refractivity contribution in [3.8, 4) is 6.07 Å². The van der Waals surface area contributed by atoms with Crippen LogP contribution in [-0.4, -0.2) is 30.1 Å². The number of piperazine rings is 1. The van der Waals surface area contributed by atoms with Gasteiger partial charge in [0.05, 0.1) is 11.6 Å². The van der Waals surface area contributed by atoms with E-state index in [9.17, 15) is 0 Å². The van der Waals surface area contributed by atoms with Crippen LogP contribution >= 0.6 is 0 Å². The molecule has 1 aromatic carbocycles. The van der Waals surface area contributed by atoms with Gasteiger partial charge >= 0.3 is 0 Å². The predicted molar refractivity (Wildman–Crippen MR) is 68.5 cm³/mol. The minimum Gasteiger partial charge on any atom is -0.314 e. The summed E-state index contributed by atoms with van der Waals surface area (Å²) in [6.07, 6.45) is 0. The number of hydrogen-bond acceptors (Lipinski definition) is 3. The molecular weight excluding hydrogens is 210 g/mol. The third-order valence-electron chi connectivity index (χ3n) is 3.40.